The molecule has 100 valence electrons. The minimum atomic E-state index is -4.22. The van der Waals surface area contributed by atoms with Crippen molar-refractivity contribution >= 4 is 28.9 Å². The number of hydrogen-bond donors (Lipinski definition) is 0. The van der Waals surface area contributed by atoms with Gasteiger partial charge in [-0.05, 0) is 36.6 Å². The van der Waals surface area contributed by atoms with Crippen LogP contribution in [0.15, 0.2) is 18.2 Å². The summed E-state index contributed by atoms with van der Waals surface area (Å²) in [6, 6.07) is 4.80. The Hall–Kier alpha value is -0.610. The van der Waals surface area contributed by atoms with Crippen LogP contribution in [0.3, 0.4) is 0 Å². The Morgan fingerprint density at radius 3 is 2.44 bits per heavy atom. The largest absolute Gasteiger partial charge is 0.405 e. The fourth-order valence-corrected chi connectivity index (χ4v) is 2.34. The summed E-state index contributed by atoms with van der Waals surface area (Å²) < 4.78 is 37.8. The standard InChI is InChI=1S/C12H12Cl2F3N/c13-6-8-5-9(14)1-4-11(8)18(10-2-3-10)7-12(15,16)17/h1,4-5,10H,2-3,6-7H2. The van der Waals surface area contributed by atoms with Crippen molar-refractivity contribution in [1.82, 2.24) is 0 Å². The lowest BCUT2D eigenvalue weighted by molar-refractivity contribution is -0.120. The first kappa shape index (κ1) is 13.8. The van der Waals surface area contributed by atoms with Crippen molar-refractivity contribution < 1.29 is 13.2 Å². The zero-order chi connectivity index (χ0) is 13.3. The second-order valence-corrected chi connectivity index (χ2v) is 5.08. The number of benzene rings is 1. The molecule has 0 aromatic heterocycles. The van der Waals surface area contributed by atoms with E-state index in [1.54, 1.807) is 18.2 Å². The zero-order valence-electron chi connectivity index (χ0n) is 9.47. The molecular formula is C12H12Cl2F3N. The third kappa shape index (κ3) is 3.45. The highest BCUT2D eigenvalue weighted by molar-refractivity contribution is 6.30. The number of hydrogen-bond acceptors (Lipinski definition) is 1. The quantitative estimate of drug-likeness (QED) is 0.734. The Morgan fingerprint density at radius 1 is 1.28 bits per heavy atom. The molecule has 1 aromatic carbocycles. The number of halogens is 5. The zero-order valence-corrected chi connectivity index (χ0v) is 11.0. The first-order chi connectivity index (χ1) is 8.40. The van der Waals surface area contributed by atoms with E-state index in [1.807, 2.05) is 0 Å². The van der Waals surface area contributed by atoms with E-state index >= 15 is 0 Å². The maximum atomic E-state index is 12.6. The van der Waals surface area contributed by atoms with Gasteiger partial charge in [-0.2, -0.15) is 13.2 Å². The first-order valence-corrected chi connectivity index (χ1v) is 6.50. The van der Waals surface area contributed by atoms with E-state index in [1.165, 1.54) is 4.90 Å². The third-order valence-electron chi connectivity index (χ3n) is 2.83. The fraction of sp³-hybridized carbons (Fsp3) is 0.500. The summed E-state index contributed by atoms with van der Waals surface area (Å²) in [7, 11) is 0. The van der Waals surface area contributed by atoms with Crippen molar-refractivity contribution in [2.75, 3.05) is 11.4 Å². The molecule has 0 aliphatic heterocycles. The molecule has 0 atom stereocenters. The molecule has 1 fully saturated rings. The van der Waals surface area contributed by atoms with Gasteiger partial charge in [-0.1, -0.05) is 11.6 Å². The fourth-order valence-electron chi connectivity index (χ4n) is 1.93. The lowest BCUT2D eigenvalue weighted by Gasteiger charge is -2.27. The molecule has 6 heteroatoms. The highest BCUT2D eigenvalue weighted by Gasteiger charge is 2.38. The number of anilines is 1. The SMILES string of the molecule is FC(F)(F)CN(c1ccc(Cl)cc1CCl)C1CC1. The van der Waals surface area contributed by atoms with E-state index in [0.717, 1.165) is 12.8 Å². The van der Waals surface area contributed by atoms with E-state index in [2.05, 4.69) is 0 Å². The molecule has 0 saturated heterocycles. The molecule has 1 aliphatic carbocycles. The molecule has 0 radical (unpaired) electrons. The van der Waals surface area contributed by atoms with Crippen molar-refractivity contribution in [1.29, 1.82) is 0 Å². The molecule has 0 unspecified atom stereocenters. The number of nitrogens with zero attached hydrogens (tertiary/aromatic N) is 1. The molecule has 0 N–H and O–H groups in total. The Labute approximate surface area is 113 Å². The Morgan fingerprint density at radius 2 is 1.94 bits per heavy atom. The van der Waals surface area contributed by atoms with Gasteiger partial charge in [-0.3, -0.25) is 0 Å². The smallest absolute Gasteiger partial charge is 0.359 e. The van der Waals surface area contributed by atoms with Crippen LogP contribution in [-0.2, 0) is 5.88 Å². The Bertz CT molecular complexity index is 430. The normalized spacial score (nSPS) is 15.8. The summed E-state index contributed by atoms with van der Waals surface area (Å²) in [4.78, 5) is 1.38. The van der Waals surface area contributed by atoms with Crippen LogP contribution < -0.4 is 4.90 Å². The first-order valence-electron chi connectivity index (χ1n) is 5.58. The average molecular weight is 298 g/mol. The van der Waals surface area contributed by atoms with Crippen molar-refractivity contribution in [3.8, 4) is 0 Å². The molecule has 18 heavy (non-hydrogen) atoms. The Kier molecular flexibility index (Phi) is 3.97. The molecule has 1 saturated carbocycles. The summed E-state index contributed by atoms with van der Waals surface area (Å²) in [5, 5.41) is 0.483. The van der Waals surface area contributed by atoms with Crippen LogP contribution in [-0.4, -0.2) is 18.8 Å². The minimum Gasteiger partial charge on any atom is -0.359 e. The molecule has 1 aromatic rings. The van der Waals surface area contributed by atoms with Crippen LogP contribution in [0.2, 0.25) is 5.02 Å². The van der Waals surface area contributed by atoms with Crippen LogP contribution in [0.1, 0.15) is 18.4 Å². The highest BCUT2D eigenvalue weighted by atomic mass is 35.5. The van der Waals surface area contributed by atoms with Crippen LogP contribution in [0.5, 0.6) is 0 Å². The predicted molar refractivity (Wildman–Crippen MR) is 67.4 cm³/mol. The van der Waals surface area contributed by atoms with Crippen molar-refractivity contribution in [3.05, 3.63) is 28.8 Å². The summed E-state index contributed by atoms with van der Waals surface area (Å²) in [5.41, 5.74) is 1.18. The maximum absolute atomic E-state index is 12.6. The minimum absolute atomic E-state index is 0.0326. The second kappa shape index (κ2) is 5.17. The summed E-state index contributed by atoms with van der Waals surface area (Å²) >= 11 is 11.6. The van der Waals surface area contributed by atoms with Gasteiger partial charge in [0.1, 0.15) is 6.54 Å². The molecule has 1 aliphatic rings. The van der Waals surface area contributed by atoms with Gasteiger partial charge in [-0.25, -0.2) is 0 Å². The van der Waals surface area contributed by atoms with Gasteiger partial charge < -0.3 is 4.90 Å². The van der Waals surface area contributed by atoms with Crippen LogP contribution in [0.25, 0.3) is 0 Å². The number of rotatable bonds is 4. The van der Waals surface area contributed by atoms with E-state index < -0.39 is 12.7 Å². The van der Waals surface area contributed by atoms with E-state index in [9.17, 15) is 13.2 Å². The maximum Gasteiger partial charge on any atom is 0.405 e. The van der Waals surface area contributed by atoms with Gasteiger partial charge in [0.2, 0.25) is 0 Å². The van der Waals surface area contributed by atoms with Crippen molar-refractivity contribution in [3.63, 3.8) is 0 Å². The van der Waals surface area contributed by atoms with E-state index in [-0.39, 0.29) is 11.9 Å². The van der Waals surface area contributed by atoms with Gasteiger partial charge in [0, 0.05) is 22.6 Å². The molecule has 2 rings (SSSR count). The highest BCUT2D eigenvalue weighted by Crippen LogP contribution is 2.37. The molecule has 1 nitrogen and oxygen atoms in total. The molecule has 0 bridgehead atoms. The van der Waals surface area contributed by atoms with Crippen molar-refractivity contribution in [2.24, 2.45) is 0 Å². The van der Waals surface area contributed by atoms with Gasteiger partial charge in [0.15, 0.2) is 0 Å². The summed E-state index contributed by atoms with van der Waals surface area (Å²) in [6.45, 7) is -0.941. The molecular weight excluding hydrogens is 286 g/mol. The monoisotopic (exact) mass is 297 g/mol. The average Bonchev–Trinajstić information content (AvgIpc) is 3.08. The van der Waals surface area contributed by atoms with Gasteiger partial charge in [-0.15, -0.1) is 11.6 Å². The van der Waals surface area contributed by atoms with Crippen LogP contribution >= 0.6 is 23.2 Å². The van der Waals surface area contributed by atoms with Crippen LogP contribution in [0, 0.1) is 0 Å². The van der Waals surface area contributed by atoms with Gasteiger partial charge >= 0.3 is 6.18 Å². The van der Waals surface area contributed by atoms with Crippen LogP contribution in [0.4, 0.5) is 18.9 Å². The van der Waals surface area contributed by atoms with E-state index in [0.29, 0.717) is 16.3 Å². The lowest BCUT2D eigenvalue weighted by Crippen LogP contribution is -2.36. The molecule has 0 heterocycles. The summed E-state index contributed by atoms with van der Waals surface area (Å²) in [5.74, 6) is 0.150. The van der Waals surface area contributed by atoms with Crippen molar-refractivity contribution in [2.45, 2.75) is 30.9 Å². The topological polar surface area (TPSA) is 3.24 Å². The molecule has 0 spiro atoms. The second-order valence-electron chi connectivity index (χ2n) is 4.38. The van der Waals surface area contributed by atoms with Gasteiger partial charge in [0.05, 0.1) is 0 Å². The predicted octanol–water partition coefficient (Wildman–Crippen LogP) is 4.61. The van der Waals surface area contributed by atoms with E-state index in [4.69, 9.17) is 23.2 Å². The van der Waals surface area contributed by atoms with Gasteiger partial charge in [0.25, 0.3) is 0 Å². The Balaban J connectivity index is 2.30. The lowest BCUT2D eigenvalue weighted by atomic mass is 10.1. The summed E-state index contributed by atoms with van der Waals surface area (Å²) in [6.07, 6.45) is -2.63. The third-order valence-corrected chi connectivity index (χ3v) is 3.36. The molecule has 0 amide bonds. The number of alkyl halides is 4.